The van der Waals surface area contributed by atoms with Crippen molar-refractivity contribution in [1.29, 1.82) is 0 Å². The predicted octanol–water partition coefficient (Wildman–Crippen LogP) is 2.20. The summed E-state index contributed by atoms with van der Waals surface area (Å²) in [5, 5.41) is 6.55. The van der Waals surface area contributed by atoms with Gasteiger partial charge in [-0.05, 0) is 37.1 Å². The molecule has 0 aliphatic carbocycles. The molecule has 0 saturated carbocycles. The van der Waals surface area contributed by atoms with Crippen LogP contribution >= 0.6 is 0 Å². The lowest BCUT2D eigenvalue weighted by Gasteiger charge is -2.20. The van der Waals surface area contributed by atoms with Gasteiger partial charge < -0.3 is 19.5 Å². The van der Waals surface area contributed by atoms with E-state index in [4.69, 9.17) is 9.26 Å². The number of amides is 2. The minimum Gasteiger partial charge on any atom is -0.376 e. The highest BCUT2D eigenvalue weighted by molar-refractivity contribution is 5.73. The molecule has 1 N–H and O–H groups in total. The Morgan fingerprint density at radius 2 is 2.21 bits per heavy atom. The van der Waals surface area contributed by atoms with Gasteiger partial charge in [-0.1, -0.05) is 5.16 Å². The molecule has 7 nitrogen and oxygen atoms in total. The normalized spacial score (nSPS) is 17.0. The quantitative estimate of drug-likeness (QED) is 0.906. The van der Waals surface area contributed by atoms with Crippen LogP contribution in [0.1, 0.15) is 18.7 Å². The molecular weight excluding hydrogens is 315 g/mol. The van der Waals surface area contributed by atoms with E-state index >= 15 is 0 Å². The number of likely N-dealkylation sites (N-methyl/N-ethyl adjacent to an activating group) is 1. The van der Waals surface area contributed by atoms with E-state index in [1.807, 2.05) is 0 Å². The molecule has 2 heterocycles. The Hall–Kier alpha value is -2.48. The second-order valence-corrected chi connectivity index (χ2v) is 5.69. The smallest absolute Gasteiger partial charge is 0.317 e. The number of hydrogen-bond acceptors (Lipinski definition) is 5. The summed E-state index contributed by atoms with van der Waals surface area (Å²) in [7, 11) is 1.72. The van der Waals surface area contributed by atoms with Crippen molar-refractivity contribution >= 4 is 6.03 Å². The van der Waals surface area contributed by atoms with E-state index in [0.29, 0.717) is 17.9 Å². The molecule has 24 heavy (non-hydrogen) atoms. The first-order valence-corrected chi connectivity index (χ1v) is 7.81. The fourth-order valence-electron chi connectivity index (χ4n) is 2.51. The number of benzene rings is 1. The van der Waals surface area contributed by atoms with Gasteiger partial charge in [-0.2, -0.15) is 4.98 Å². The average Bonchev–Trinajstić information content (AvgIpc) is 3.25. The van der Waals surface area contributed by atoms with E-state index in [1.54, 1.807) is 24.1 Å². The summed E-state index contributed by atoms with van der Waals surface area (Å²) in [4.78, 5) is 17.8. The van der Waals surface area contributed by atoms with Crippen molar-refractivity contribution in [3.63, 3.8) is 0 Å². The number of nitrogens with one attached hydrogen (secondary N) is 1. The van der Waals surface area contributed by atoms with Gasteiger partial charge in [0.1, 0.15) is 5.82 Å². The summed E-state index contributed by atoms with van der Waals surface area (Å²) in [6.45, 7) is 1.44. The minimum atomic E-state index is -0.330. The molecule has 2 aromatic rings. The maximum atomic E-state index is 12.9. The van der Waals surface area contributed by atoms with Gasteiger partial charge in [0.2, 0.25) is 11.7 Å². The number of carbonyl (C=O) groups is 1. The average molecular weight is 334 g/mol. The topological polar surface area (TPSA) is 80.5 Å². The van der Waals surface area contributed by atoms with Crippen LogP contribution < -0.4 is 5.32 Å². The van der Waals surface area contributed by atoms with Crippen molar-refractivity contribution < 1.29 is 18.4 Å². The van der Waals surface area contributed by atoms with Crippen molar-refractivity contribution in [2.45, 2.75) is 25.5 Å². The maximum absolute atomic E-state index is 12.9. The lowest BCUT2D eigenvalue weighted by Crippen LogP contribution is -2.40. The third-order valence-electron chi connectivity index (χ3n) is 3.81. The highest BCUT2D eigenvalue weighted by Gasteiger charge is 2.20. The second-order valence-electron chi connectivity index (χ2n) is 5.69. The number of urea groups is 1. The Morgan fingerprint density at radius 3 is 2.92 bits per heavy atom. The first kappa shape index (κ1) is 16.4. The summed E-state index contributed by atoms with van der Waals surface area (Å²) in [5.74, 6) is 0.309. The molecule has 128 valence electrons. The van der Waals surface area contributed by atoms with Crippen LogP contribution in [0.15, 0.2) is 28.8 Å². The Balaban J connectivity index is 1.51. The van der Waals surface area contributed by atoms with Gasteiger partial charge in [0.25, 0.3) is 0 Å². The molecule has 8 heteroatoms. The van der Waals surface area contributed by atoms with E-state index in [1.165, 1.54) is 12.1 Å². The van der Waals surface area contributed by atoms with Gasteiger partial charge in [-0.25, -0.2) is 9.18 Å². The minimum absolute atomic E-state index is 0.106. The van der Waals surface area contributed by atoms with E-state index in [-0.39, 0.29) is 30.4 Å². The highest BCUT2D eigenvalue weighted by Crippen LogP contribution is 2.16. The van der Waals surface area contributed by atoms with Gasteiger partial charge in [0.05, 0.1) is 12.6 Å². The Kier molecular flexibility index (Phi) is 5.05. The summed E-state index contributed by atoms with van der Waals surface area (Å²) in [6.07, 6.45) is 2.12. The molecule has 1 aliphatic rings. The number of hydrogen-bond donors (Lipinski definition) is 1. The zero-order valence-electron chi connectivity index (χ0n) is 13.4. The van der Waals surface area contributed by atoms with Gasteiger partial charge in [0, 0.05) is 25.8 Å². The van der Waals surface area contributed by atoms with Crippen molar-refractivity contribution in [1.82, 2.24) is 20.4 Å². The van der Waals surface area contributed by atoms with E-state index in [0.717, 1.165) is 19.4 Å². The maximum Gasteiger partial charge on any atom is 0.317 e. The van der Waals surface area contributed by atoms with Crippen molar-refractivity contribution in [3.8, 4) is 11.4 Å². The molecule has 1 fully saturated rings. The SMILES string of the molecule is CN(CC1CCCO1)C(=O)NCc1nc(-c2ccc(F)cc2)no1. The fourth-order valence-corrected chi connectivity index (χ4v) is 2.51. The summed E-state index contributed by atoms with van der Waals surface area (Å²) < 4.78 is 23.5. The first-order valence-electron chi connectivity index (χ1n) is 7.81. The van der Waals surface area contributed by atoms with Gasteiger partial charge in [0.15, 0.2) is 0 Å². The molecule has 1 unspecified atom stereocenters. The number of aromatic nitrogens is 2. The third-order valence-corrected chi connectivity index (χ3v) is 3.81. The molecule has 1 aliphatic heterocycles. The molecular formula is C16H19FN4O3. The Labute approximate surface area is 138 Å². The standard InChI is InChI=1S/C16H19FN4O3/c1-21(10-13-3-2-8-23-13)16(22)18-9-14-19-15(20-24-14)11-4-6-12(17)7-5-11/h4-7,13H,2-3,8-10H2,1H3,(H,18,22). The van der Waals surface area contributed by atoms with Crippen LogP contribution in [0.4, 0.5) is 9.18 Å². The summed E-state index contributed by atoms with van der Waals surface area (Å²) in [5.41, 5.74) is 0.647. The fraction of sp³-hybridized carbons (Fsp3) is 0.438. The van der Waals surface area contributed by atoms with Crippen LogP contribution in [0.2, 0.25) is 0 Å². The van der Waals surface area contributed by atoms with E-state index in [9.17, 15) is 9.18 Å². The van der Waals surface area contributed by atoms with E-state index in [2.05, 4.69) is 15.5 Å². The van der Waals surface area contributed by atoms with Gasteiger partial charge >= 0.3 is 6.03 Å². The summed E-state index contributed by atoms with van der Waals surface area (Å²) >= 11 is 0. The van der Waals surface area contributed by atoms with Crippen LogP contribution in [0, 0.1) is 5.82 Å². The molecule has 2 amide bonds. The highest BCUT2D eigenvalue weighted by atomic mass is 19.1. The molecule has 1 aromatic heterocycles. The number of carbonyl (C=O) groups excluding carboxylic acids is 1. The van der Waals surface area contributed by atoms with Crippen molar-refractivity contribution in [3.05, 3.63) is 36.0 Å². The zero-order chi connectivity index (χ0) is 16.9. The van der Waals surface area contributed by atoms with Gasteiger partial charge in [-0.3, -0.25) is 0 Å². The first-order chi connectivity index (χ1) is 11.6. The molecule has 1 atom stereocenters. The lowest BCUT2D eigenvalue weighted by molar-refractivity contribution is 0.0873. The van der Waals surface area contributed by atoms with Crippen LogP contribution in [-0.4, -0.2) is 47.4 Å². The molecule has 0 bridgehead atoms. The van der Waals surface area contributed by atoms with Crippen LogP contribution in [0.25, 0.3) is 11.4 Å². The van der Waals surface area contributed by atoms with Gasteiger partial charge in [-0.15, -0.1) is 0 Å². The zero-order valence-corrected chi connectivity index (χ0v) is 13.4. The second kappa shape index (κ2) is 7.39. The van der Waals surface area contributed by atoms with Crippen LogP contribution in [0.5, 0.6) is 0 Å². The third kappa shape index (κ3) is 4.08. The molecule has 1 aromatic carbocycles. The number of rotatable bonds is 5. The largest absolute Gasteiger partial charge is 0.376 e. The van der Waals surface area contributed by atoms with Crippen molar-refractivity contribution in [2.75, 3.05) is 20.2 Å². The number of ether oxygens (including phenoxy) is 1. The molecule has 3 rings (SSSR count). The van der Waals surface area contributed by atoms with Crippen LogP contribution in [0.3, 0.4) is 0 Å². The Bertz CT molecular complexity index is 683. The molecule has 0 radical (unpaired) electrons. The molecule has 0 spiro atoms. The van der Waals surface area contributed by atoms with Crippen LogP contribution in [-0.2, 0) is 11.3 Å². The number of nitrogens with zero attached hydrogens (tertiary/aromatic N) is 3. The van der Waals surface area contributed by atoms with E-state index < -0.39 is 0 Å². The lowest BCUT2D eigenvalue weighted by atomic mass is 10.2. The number of halogens is 1. The predicted molar refractivity (Wildman–Crippen MR) is 83.5 cm³/mol. The Morgan fingerprint density at radius 1 is 1.42 bits per heavy atom. The summed E-state index contributed by atoms with van der Waals surface area (Å²) in [6, 6.07) is 5.56. The van der Waals surface area contributed by atoms with Crippen molar-refractivity contribution in [2.24, 2.45) is 0 Å². The monoisotopic (exact) mass is 334 g/mol. The molecule has 1 saturated heterocycles.